The summed E-state index contributed by atoms with van der Waals surface area (Å²) in [7, 11) is 1.34. The number of aromatic nitrogens is 1. The fourth-order valence-corrected chi connectivity index (χ4v) is 6.17. The highest BCUT2D eigenvalue weighted by Gasteiger charge is 2.32. The largest absolute Gasteiger partial charge is 0.494 e. The van der Waals surface area contributed by atoms with Crippen molar-refractivity contribution < 1.29 is 22.3 Å². The van der Waals surface area contributed by atoms with Crippen molar-refractivity contribution in [3.8, 4) is 16.9 Å². The highest BCUT2D eigenvalue weighted by atomic mass is 32.2. The lowest BCUT2D eigenvalue weighted by molar-refractivity contribution is 0.387. The molecule has 0 radical (unpaired) electrons. The molecule has 0 amide bonds. The third-order valence-electron chi connectivity index (χ3n) is 6.77. The molecule has 0 aliphatic carbocycles. The van der Waals surface area contributed by atoms with Gasteiger partial charge in [-0.05, 0) is 60.5 Å². The molecule has 0 spiro atoms. The number of hydrogen-bond acceptors (Lipinski definition) is 4. The number of methoxy groups -OCH3 is 1. The van der Waals surface area contributed by atoms with E-state index in [2.05, 4.69) is 5.32 Å². The average molecular weight is 541 g/mol. The van der Waals surface area contributed by atoms with Crippen LogP contribution in [0.4, 0.5) is 23.2 Å². The lowest BCUT2D eigenvalue weighted by atomic mass is 9.94. The van der Waals surface area contributed by atoms with Crippen LogP contribution in [0.2, 0.25) is 0 Å². The molecular weight excluding hydrogens is 516 g/mol. The molecule has 1 aromatic heterocycles. The number of benzene rings is 3. The van der Waals surface area contributed by atoms with Crippen LogP contribution >= 0.6 is 11.8 Å². The zero-order valence-electron chi connectivity index (χ0n) is 20.7. The Morgan fingerprint density at radius 2 is 1.66 bits per heavy atom. The first-order valence-electron chi connectivity index (χ1n) is 12.0. The second kappa shape index (κ2) is 10.6. The van der Waals surface area contributed by atoms with Gasteiger partial charge in [-0.3, -0.25) is 9.36 Å². The molecule has 4 aromatic rings. The van der Waals surface area contributed by atoms with E-state index in [9.17, 15) is 18.0 Å². The number of ether oxygens (including phenoxy) is 1. The monoisotopic (exact) mass is 540 g/mol. The van der Waals surface area contributed by atoms with Gasteiger partial charge in [-0.1, -0.05) is 18.2 Å². The molecule has 5 rings (SSSR count). The summed E-state index contributed by atoms with van der Waals surface area (Å²) in [6, 6.07) is 13.7. The van der Waals surface area contributed by atoms with Gasteiger partial charge >= 0.3 is 0 Å². The lowest BCUT2D eigenvalue weighted by Crippen LogP contribution is -2.31. The highest BCUT2D eigenvalue weighted by molar-refractivity contribution is 7.99. The van der Waals surface area contributed by atoms with Crippen molar-refractivity contribution in [2.45, 2.75) is 24.4 Å². The van der Waals surface area contributed by atoms with Crippen LogP contribution < -0.4 is 15.6 Å². The fraction of sp³-hybridized carbons (Fsp3) is 0.207. The molecule has 38 heavy (non-hydrogen) atoms. The number of halogens is 4. The van der Waals surface area contributed by atoms with Crippen molar-refractivity contribution in [1.29, 1.82) is 0 Å². The summed E-state index contributed by atoms with van der Waals surface area (Å²) < 4.78 is 64.8. The van der Waals surface area contributed by atoms with Crippen LogP contribution in [0.3, 0.4) is 0 Å². The maximum absolute atomic E-state index is 15.4. The van der Waals surface area contributed by atoms with Gasteiger partial charge in [0.05, 0.1) is 23.7 Å². The minimum absolute atomic E-state index is 0.0163. The van der Waals surface area contributed by atoms with E-state index >= 15 is 4.39 Å². The van der Waals surface area contributed by atoms with Crippen LogP contribution in [-0.2, 0) is 6.42 Å². The van der Waals surface area contributed by atoms with Crippen molar-refractivity contribution >= 4 is 17.4 Å². The fourth-order valence-electron chi connectivity index (χ4n) is 4.79. The molecule has 0 bridgehead atoms. The van der Waals surface area contributed by atoms with Crippen LogP contribution in [0.15, 0.2) is 70.5 Å². The molecule has 1 aliphatic heterocycles. The number of hydrogen-bond donors (Lipinski definition) is 1. The topological polar surface area (TPSA) is 43.3 Å². The number of thioether (sulfide) groups is 1. The SMILES string of the molecule is COc1cccc(-c2c(C)c(Cc3c(F)cccc3F)c3n(c2=O)C(CNc2ccc(F)cc2)CS3)c1F. The van der Waals surface area contributed by atoms with Gasteiger partial charge in [0.1, 0.15) is 17.5 Å². The molecule has 0 fully saturated rings. The number of anilines is 1. The molecule has 9 heteroatoms. The molecule has 0 saturated heterocycles. The Kier molecular flexibility index (Phi) is 7.21. The van der Waals surface area contributed by atoms with Crippen LogP contribution in [0.25, 0.3) is 11.1 Å². The van der Waals surface area contributed by atoms with E-state index in [0.717, 1.165) is 0 Å². The van der Waals surface area contributed by atoms with Gasteiger partial charge in [0.25, 0.3) is 5.56 Å². The van der Waals surface area contributed by atoms with E-state index in [1.807, 2.05) is 0 Å². The number of nitrogens with one attached hydrogen (secondary N) is 1. The van der Waals surface area contributed by atoms with E-state index in [4.69, 9.17) is 4.74 Å². The first-order chi connectivity index (χ1) is 18.3. The second-order valence-corrected chi connectivity index (χ2v) is 10.0. The summed E-state index contributed by atoms with van der Waals surface area (Å²) in [5.41, 5.74) is 1.33. The van der Waals surface area contributed by atoms with Gasteiger partial charge in [0, 0.05) is 35.5 Å². The standard InChI is InChI=1S/C29H24F4N2O2S/c1-16-21(13-22-23(31)6-4-7-24(22)32)29-35(19(15-38-29)14-34-18-11-9-17(30)10-12-18)28(36)26(16)20-5-3-8-25(37-2)27(20)33/h3-12,19,34H,13-15H2,1-2H3. The lowest BCUT2D eigenvalue weighted by Gasteiger charge is -2.21. The van der Waals surface area contributed by atoms with Gasteiger partial charge < -0.3 is 10.1 Å². The van der Waals surface area contributed by atoms with E-state index < -0.39 is 23.0 Å². The van der Waals surface area contributed by atoms with Crippen molar-refractivity contribution in [3.05, 3.63) is 111 Å². The zero-order chi connectivity index (χ0) is 27.0. The Bertz CT molecular complexity index is 1550. The van der Waals surface area contributed by atoms with Crippen molar-refractivity contribution in [2.75, 3.05) is 24.7 Å². The second-order valence-electron chi connectivity index (χ2n) is 9.01. The molecule has 4 nitrogen and oxygen atoms in total. The molecule has 196 valence electrons. The highest BCUT2D eigenvalue weighted by Crippen LogP contribution is 2.41. The normalized spacial score (nSPS) is 14.4. The summed E-state index contributed by atoms with van der Waals surface area (Å²) in [6.45, 7) is 2.01. The number of rotatable bonds is 7. The van der Waals surface area contributed by atoms with Crippen molar-refractivity contribution in [3.63, 3.8) is 0 Å². The van der Waals surface area contributed by atoms with Crippen molar-refractivity contribution in [2.24, 2.45) is 0 Å². The quantitative estimate of drug-likeness (QED) is 0.264. The van der Waals surface area contributed by atoms with E-state index in [1.165, 1.54) is 61.3 Å². The van der Waals surface area contributed by atoms with E-state index in [1.54, 1.807) is 29.7 Å². The van der Waals surface area contributed by atoms with Gasteiger partial charge in [-0.25, -0.2) is 17.6 Å². The van der Waals surface area contributed by atoms with Crippen LogP contribution in [0.5, 0.6) is 5.75 Å². The van der Waals surface area contributed by atoms with Gasteiger partial charge in [-0.2, -0.15) is 0 Å². The molecule has 0 saturated carbocycles. The number of pyridine rings is 1. The Morgan fingerprint density at radius 3 is 2.34 bits per heavy atom. The summed E-state index contributed by atoms with van der Waals surface area (Å²) in [5, 5.41) is 3.81. The predicted octanol–water partition coefficient (Wildman–Crippen LogP) is 6.74. The van der Waals surface area contributed by atoms with Gasteiger partial charge in [0.15, 0.2) is 11.6 Å². The third-order valence-corrected chi connectivity index (χ3v) is 8.04. The van der Waals surface area contributed by atoms with Crippen LogP contribution in [0, 0.1) is 30.2 Å². The molecule has 1 aliphatic rings. The predicted molar refractivity (Wildman–Crippen MR) is 141 cm³/mol. The Hall–Kier alpha value is -3.72. The molecular formula is C29H24F4N2O2S. The smallest absolute Gasteiger partial charge is 0.260 e. The first-order valence-corrected chi connectivity index (χ1v) is 12.9. The van der Waals surface area contributed by atoms with E-state index in [0.29, 0.717) is 34.1 Å². The Balaban J connectivity index is 1.66. The summed E-state index contributed by atoms with van der Waals surface area (Å²) in [4.78, 5) is 14.0. The third kappa shape index (κ3) is 4.67. The Morgan fingerprint density at radius 1 is 0.974 bits per heavy atom. The molecule has 1 unspecified atom stereocenters. The first kappa shape index (κ1) is 25.9. The summed E-state index contributed by atoms with van der Waals surface area (Å²) >= 11 is 1.41. The maximum Gasteiger partial charge on any atom is 0.260 e. The molecule has 2 heterocycles. The minimum atomic E-state index is -0.694. The average Bonchev–Trinajstić information content (AvgIpc) is 3.33. The maximum atomic E-state index is 15.4. The Labute approximate surface area is 221 Å². The molecule has 3 aromatic carbocycles. The minimum Gasteiger partial charge on any atom is -0.494 e. The van der Waals surface area contributed by atoms with Gasteiger partial charge in [-0.15, -0.1) is 11.8 Å². The van der Waals surface area contributed by atoms with E-state index in [-0.39, 0.29) is 40.7 Å². The molecule has 1 N–H and O–H groups in total. The number of fused-ring (bicyclic) bond motifs is 1. The molecule has 1 atom stereocenters. The zero-order valence-corrected chi connectivity index (χ0v) is 21.5. The number of nitrogens with zero attached hydrogens (tertiary/aromatic N) is 1. The van der Waals surface area contributed by atoms with Crippen LogP contribution in [0.1, 0.15) is 22.7 Å². The van der Waals surface area contributed by atoms with Crippen molar-refractivity contribution in [1.82, 2.24) is 4.57 Å². The van der Waals surface area contributed by atoms with Gasteiger partial charge in [0.2, 0.25) is 0 Å². The van der Waals surface area contributed by atoms with Crippen LogP contribution in [-0.4, -0.2) is 24.0 Å². The summed E-state index contributed by atoms with van der Waals surface area (Å²) in [6.07, 6.45) is -0.107. The summed E-state index contributed by atoms with van der Waals surface area (Å²) in [5.74, 6) is -1.94.